The summed E-state index contributed by atoms with van der Waals surface area (Å²) < 4.78 is 5.72. The molecule has 1 atom stereocenters. The van der Waals surface area contributed by atoms with Crippen LogP contribution in [0.4, 0.5) is 0 Å². The molecule has 0 bridgehead atoms. The second kappa shape index (κ2) is 6.36. The van der Waals surface area contributed by atoms with Gasteiger partial charge in [0, 0.05) is 23.3 Å². The predicted octanol–water partition coefficient (Wildman–Crippen LogP) is 4.63. The Hall–Kier alpha value is -1.43. The second-order valence-corrected chi connectivity index (χ2v) is 7.19. The van der Waals surface area contributed by atoms with Crippen molar-refractivity contribution < 1.29 is 4.74 Å². The fraction of sp³-hybridized carbons (Fsp3) is 0.294. The quantitative estimate of drug-likeness (QED) is 0.517. The first-order valence-electron chi connectivity index (χ1n) is 7.44. The third-order valence-electron chi connectivity index (χ3n) is 3.85. The first-order valence-corrected chi connectivity index (χ1v) is 9.30. The summed E-state index contributed by atoms with van der Waals surface area (Å²) in [7, 11) is 0. The van der Waals surface area contributed by atoms with Crippen LogP contribution >= 0.6 is 23.1 Å². The average molecular weight is 328 g/mol. The number of nitrogens with zero attached hydrogens (tertiary/aromatic N) is 2. The van der Waals surface area contributed by atoms with Crippen LogP contribution in [0.5, 0.6) is 0 Å². The molecule has 5 heteroatoms. The SMILES string of the molecule is c1ccc(-c2csc3ncnc(SC[C@H]4CCCO4)c23)cc1. The van der Waals surface area contributed by atoms with Gasteiger partial charge in [-0.3, -0.25) is 0 Å². The second-order valence-electron chi connectivity index (χ2n) is 5.32. The van der Waals surface area contributed by atoms with Gasteiger partial charge in [0.1, 0.15) is 16.2 Å². The van der Waals surface area contributed by atoms with Crippen LogP contribution < -0.4 is 0 Å². The minimum Gasteiger partial charge on any atom is -0.377 e. The Balaban J connectivity index is 1.70. The molecule has 1 fully saturated rings. The van der Waals surface area contributed by atoms with Gasteiger partial charge in [0.25, 0.3) is 0 Å². The van der Waals surface area contributed by atoms with Crippen LogP contribution in [0.1, 0.15) is 12.8 Å². The molecule has 112 valence electrons. The summed E-state index contributed by atoms with van der Waals surface area (Å²) in [6.45, 7) is 0.901. The maximum absolute atomic E-state index is 5.72. The van der Waals surface area contributed by atoms with Crippen molar-refractivity contribution in [2.24, 2.45) is 0 Å². The minimum atomic E-state index is 0.369. The van der Waals surface area contributed by atoms with Crippen molar-refractivity contribution in [3.8, 4) is 11.1 Å². The van der Waals surface area contributed by atoms with Crippen molar-refractivity contribution in [2.75, 3.05) is 12.4 Å². The number of thioether (sulfide) groups is 1. The van der Waals surface area contributed by atoms with E-state index in [1.54, 1.807) is 29.4 Å². The molecular formula is C17H16N2OS2. The Morgan fingerprint density at radius 3 is 2.95 bits per heavy atom. The molecule has 0 aliphatic carbocycles. The van der Waals surface area contributed by atoms with Crippen LogP contribution in [0, 0.1) is 0 Å². The molecular weight excluding hydrogens is 312 g/mol. The first-order chi connectivity index (χ1) is 10.9. The van der Waals surface area contributed by atoms with Crippen LogP contribution in [-0.2, 0) is 4.74 Å². The predicted molar refractivity (Wildman–Crippen MR) is 92.5 cm³/mol. The van der Waals surface area contributed by atoms with Gasteiger partial charge in [-0.2, -0.15) is 0 Å². The molecule has 1 aliphatic rings. The summed E-state index contributed by atoms with van der Waals surface area (Å²) in [5.41, 5.74) is 2.46. The molecule has 1 aromatic carbocycles. The van der Waals surface area contributed by atoms with Crippen molar-refractivity contribution in [1.82, 2.24) is 9.97 Å². The highest BCUT2D eigenvalue weighted by Crippen LogP contribution is 2.38. The molecule has 22 heavy (non-hydrogen) atoms. The number of rotatable bonds is 4. The molecule has 0 spiro atoms. The number of thiophene rings is 1. The summed E-state index contributed by atoms with van der Waals surface area (Å²) >= 11 is 3.48. The van der Waals surface area contributed by atoms with Crippen molar-refractivity contribution in [1.29, 1.82) is 0 Å². The van der Waals surface area contributed by atoms with Crippen molar-refractivity contribution in [3.05, 3.63) is 42.0 Å². The number of hydrogen-bond donors (Lipinski definition) is 0. The van der Waals surface area contributed by atoms with Gasteiger partial charge in [-0.05, 0) is 18.4 Å². The summed E-state index contributed by atoms with van der Waals surface area (Å²) in [4.78, 5) is 10.0. The van der Waals surface area contributed by atoms with E-state index in [2.05, 4.69) is 39.6 Å². The minimum absolute atomic E-state index is 0.369. The maximum atomic E-state index is 5.72. The third kappa shape index (κ3) is 2.76. The number of hydrogen-bond acceptors (Lipinski definition) is 5. The van der Waals surface area contributed by atoms with Crippen LogP contribution in [0.3, 0.4) is 0 Å². The zero-order valence-corrected chi connectivity index (χ0v) is 13.7. The number of ether oxygens (including phenoxy) is 1. The van der Waals surface area contributed by atoms with E-state index < -0.39 is 0 Å². The Bertz CT molecular complexity index is 767. The van der Waals surface area contributed by atoms with E-state index in [0.29, 0.717) is 6.10 Å². The standard InChI is InChI=1S/C17H16N2OS2/c1-2-5-12(6-3-1)14-10-22-17-15(14)16(18-11-19-17)21-9-13-7-4-8-20-13/h1-3,5-6,10-11,13H,4,7-9H2/t13-/m1/s1. The Morgan fingerprint density at radius 2 is 2.14 bits per heavy atom. The highest BCUT2D eigenvalue weighted by atomic mass is 32.2. The lowest BCUT2D eigenvalue weighted by Crippen LogP contribution is -2.08. The Morgan fingerprint density at radius 1 is 1.23 bits per heavy atom. The molecule has 0 amide bonds. The van der Waals surface area contributed by atoms with Gasteiger partial charge in [-0.25, -0.2) is 9.97 Å². The monoisotopic (exact) mass is 328 g/mol. The first kappa shape index (κ1) is 14.2. The highest BCUT2D eigenvalue weighted by Gasteiger charge is 2.18. The summed E-state index contributed by atoms with van der Waals surface area (Å²) in [6, 6.07) is 10.5. The summed E-state index contributed by atoms with van der Waals surface area (Å²) in [6.07, 6.45) is 4.38. The lowest BCUT2D eigenvalue weighted by atomic mass is 10.1. The topological polar surface area (TPSA) is 35.0 Å². The van der Waals surface area contributed by atoms with Crippen LogP contribution in [0.15, 0.2) is 47.1 Å². The van der Waals surface area contributed by atoms with Gasteiger partial charge >= 0.3 is 0 Å². The fourth-order valence-corrected chi connectivity index (χ4v) is 4.79. The van der Waals surface area contributed by atoms with Crippen molar-refractivity contribution in [2.45, 2.75) is 24.0 Å². The lowest BCUT2D eigenvalue weighted by Gasteiger charge is -2.09. The van der Waals surface area contributed by atoms with E-state index in [1.165, 1.54) is 22.9 Å². The lowest BCUT2D eigenvalue weighted by molar-refractivity contribution is 0.129. The summed E-state index contributed by atoms with van der Waals surface area (Å²) in [5, 5.41) is 4.44. The molecule has 3 nitrogen and oxygen atoms in total. The Labute approximate surface area is 137 Å². The van der Waals surface area contributed by atoms with Gasteiger partial charge in [0.2, 0.25) is 0 Å². The van der Waals surface area contributed by atoms with Crippen LogP contribution in [0.2, 0.25) is 0 Å². The third-order valence-corrected chi connectivity index (χ3v) is 5.86. The smallest absolute Gasteiger partial charge is 0.128 e. The van der Waals surface area contributed by atoms with E-state index in [4.69, 9.17) is 4.74 Å². The molecule has 1 saturated heterocycles. The number of fused-ring (bicyclic) bond motifs is 1. The average Bonchev–Trinajstić information content (AvgIpc) is 3.23. The van der Waals surface area contributed by atoms with Gasteiger partial charge in [-0.1, -0.05) is 30.3 Å². The van der Waals surface area contributed by atoms with Gasteiger partial charge in [-0.15, -0.1) is 23.1 Å². The summed E-state index contributed by atoms with van der Waals surface area (Å²) in [5.74, 6) is 0.968. The molecule has 0 N–H and O–H groups in total. The molecule has 3 heterocycles. The highest BCUT2D eigenvalue weighted by molar-refractivity contribution is 7.99. The van der Waals surface area contributed by atoms with Gasteiger partial charge < -0.3 is 4.74 Å². The molecule has 0 saturated carbocycles. The largest absolute Gasteiger partial charge is 0.377 e. The zero-order chi connectivity index (χ0) is 14.8. The molecule has 4 rings (SSSR count). The van der Waals surface area contributed by atoms with E-state index in [9.17, 15) is 0 Å². The van der Waals surface area contributed by atoms with Crippen LogP contribution in [-0.4, -0.2) is 28.4 Å². The van der Waals surface area contributed by atoms with Crippen molar-refractivity contribution in [3.63, 3.8) is 0 Å². The number of benzene rings is 1. The molecule has 0 radical (unpaired) electrons. The molecule has 0 unspecified atom stereocenters. The van der Waals surface area contributed by atoms with Crippen LogP contribution in [0.25, 0.3) is 21.3 Å². The molecule has 1 aliphatic heterocycles. The normalized spacial score (nSPS) is 18.1. The zero-order valence-electron chi connectivity index (χ0n) is 12.1. The van der Waals surface area contributed by atoms with E-state index >= 15 is 0 Å². The van der Waals surface area contributed by atoms with Gasteiger partial charge in [0.15, 0.2) is 0 Å². The fourth-order valence-electron chi connectivity index (χ4n) is 2.73. The Kier molecular flexibility index (Phi) is 4.10. The molecule has 3 aromatic rings. The number of aromatic nitrogens is 2. The van der Waals surface area contributed by atoms with E-state index in [1.807, 2.05) is 6.07 Å². The maximum Gasteiger partial charge on any atom is 0.128 e. The van der Waals surface area contributed by atoms with Crippen molar-refractivity contribution >= 4 is 33.3 Å². The molecule has 2 aromatic heterocycles. The van der Waals surface area contributed by atoms with E-state index in [0.717, 1.165) is 28.6 Å². The van der Waals surface area contributed by atoms with Gasteiger partial charge in [0.05, 0.1) is 11.5 Å². The van der Waals surface area contributed by atoms with E-state index in [-0.39, 0.29) is 0 Å².